The molecule has 0 saturated carbocycles. The largest absolute Gasteiger partial charge is 0.387 e. The number of hydrogen-bond acceptors (Lipinski definition) is 3. The topological polar surface area (TPSA) is 41.8 Å². The number of hydrogen-bond donors (Lipinski definition) is 1. The zero-order chi connectivity index (χ0) is 12.8. The Hall–Kier alpha value is -1.36. The van der Waals surface area contributed by atoms with Crippen molar-refractivity contribution in [2.24, 2.45) is 5.16 Å². The molecule has 1 aliphatic rings. The second-order valence-corrected chi connectivity index (χ2v) is 3.85. The fourth-order valence-corrected chi connectivity index (χ4v) is 1.75. The molecule has 0 radical (unpaired) electrons. The number of benzene rings is 1. The first-order valence-corrected chi connectivity index (χ1v) is 5.36. The molecule has 90 valence electrons. The molecule has 0 saturated heterocycles. The Kier molecular flexibility index (Phi) is 5.16. The zero-order valence-electron chi connectivity index (χ0n) is 9.36. The van der Waals surface area contributed by atoms with E-state index in [1.807, 2.05) is 6.92 Å². The van der Waals surface area contributed by atoms with Gasteiger partial charge in [-0.15, -0.1) is 0 Å². The maximum absolute atomic E-state index is 13.4. The van der Waals surface area contributed by atoms with Crippen LogP contribution >= 0.6 is 11.6 Å². The van der Waals surface area contributed by atoms with Gasteiger partial charge in [-0.3, -0.25) is 0 Å². The molecule has 2 rings (SSSR count). The van der Waals surface area contributed by atoms with Crippen LogP contribution in [0.5, 0.6) is 0 Å². The number of halogens is 2. The first kappa shape index (κ1) is 13.7. The molecule has 0 fully saturated rings. The third-order valence-corrected chi connectivity index (χ3v) is 2.47. The van der Waals surface area contributed by atoms with Gasteiger partial charge in [0.2, 0.25) is 0 Å². The van der Waals surface area contributed by atoms with Crippen LogP contribution in [0, 0.1) is 5.82 Å². The van der Waals surface area contributed by atoms with E-state index in [1.54, 1.807) is 12.1 Å². The first-order valence-electron chi connectivity index (χ1n) is 4.98. The van der Waals surface area contributed by atoms with Crippen LogP contribution in [0.25, 0.3) is 0 Å². The number of nitrogens with zero attached hydrogens (tertiary/aromatic N) is 1. The molecule has 1 aromatic rings. The second kappa shape index (κ2) is 6.40. The molecule has 17 heavy (non-hydrogen) atoms. The van der Waals surface area contributed by atoms with Gasteiger partial charge in [0, 0.05) is 12.0 Å². The molecule has 0 aliphatic carbocycles. The Bertz CT molecular complexity index is 419. The van der Waals surface area contributed by atoms with E-state index in [4.69, 9.17) is 21.5 Å². The Morgan fingerprint density at radius 3 is 2.76 bits per heavy atom. The van der Waals surface area contributed by atoms with Gasteiger partial charge in [-0.25, -0.2) is 4.39 Å². The summed E-state index contributed by atoms with van der Waals surface area (Å²) in [7, 11) is 0.750. The summed E-state index contributed by atoms with van der Waals surface area (Å²) in [6, 6.07) is 4.60. The molecule has 0 amide bonds. The molecular formula is C11H12BClFNO2. The quantitative estimate of drug-likeness (QED) is 0.783. The van der Waals surface area contributed by atoms with Gasteiger partial charge in [-0.2, -0.15) is 0 Å². The molecule has 1 N–H and O–H groups in total. The van der Waals surface area contributed by atoms with E-state index in [-0.39, 0.29) is 11.9 Å². The van der Waals surface area contributed by atoms with Crippen LogP contribution in [0.4, 0.5) is 4.39 Å². The van der Waals surface area contributed by atoms with Gasteiger partial charge in [0.15, 0.2) is 6.10 Å². The maximum atomic E-state index is 13.4. The summed E-state index contributed by atoms with van der Waals surface area (Å²) in [6.07, 6.45) is 0.226. The monoisotopic (exact) mass is 255 g/mol. The van der Waals surface area contributed by atoms with Crippen molar-refractivity contribution in [2.45, 2.75) is 19.4 Å². The summed E-state index contributed by atoms with van der Waals surface area (Å²) in [6.45, 7) is 4.76. The van der Waals surface area contributed by atoms with Crippen molar-refractivity contribution < 1.29 is 14.3 Å². The van der Waals surface area contributed by atoms with Gasteiger partial charge in [-0.05, 0) is 19.1 Å². The van der Waals surface area contributed by atoms with Crippen LogP contribution < -0.4 is 0 Å². The summed E-state index contributed by atoms with van der Waals surface area (Å²) < 4.78 is 13.4. The standard InChI is InChI=1S/C10H9ClFNO.CH3BO/c1-6-5-9(14-13-6)10-7(11)3-2-4-8(10)12;1-2-3/h2-4,9H,5H2,1H3;3H,1H2/t9-;/m1./s1. The molecule has 0 spiro atoms. The summed E-state index contributed by atoms with van der Waals surface area (Å²) in [5.74, 6) is -0.340. The van der Waals surface area contributed by atoms with Crippen molar-refractivity contribution in [3.8, 4) is 0 Å². The first-order chi connectivity index (χ1) is 8.10. The molecule has 6 heteroatoms. The third-order valence-electron chi connectivity index (χ3n) is 2.14. The Labute approximate surface area is 105 Å². The van der Waals surface area contributed by atoms with E-state index in [0.717, 1.165) is 12.8 Å². The minimum absolute atomic E-state index is 0.340. The SMILES string of the molecule is C=BO.CC1=NO[C@@H](c2c(F)cccc2Cl)C1. The van der Waals surface area contributed by atoms with Crippen molar-refractivity contribution >= 4 is 30.9 Å². The molecule has 1 heterocycles. The predicted molar refractivity (Wildman–Crippen MR) is 68.1 cm³/mol. The Balaban J connectivity index is 0.000000437. The second-order valence-electron chi connectivity index (χ2n) is 3.44. The predicted octanol–water partition coefficient (Wildman–Crippen LogP) is 2.35. The molecule has 0 bridgehead atoms. The van der Waals surface area contributed by atoms with Crippen LogP contribution in [-0.4, -0.2) is 24.3 Å². The van der Waals surface area contributed by atoms with Gasteiger partial charge in [0.1, 0.15) is 5.82 Å². The summed E-state index contributed by atoms with van der Waals surface area (Å²) in [4.78, 5) is 5.08. The van der Waals surface area contributed by atoms with E-state index in [2.05, 4.69) is 11.6 Å². The summed E-state index contributed by atoms with van der Waals surface area (Å²) >= 11 is 5.89. The van der Waals surface area contributed by atoms with Crippen molar-refractivity contribution in [2.75, 3.05) is 0 Å². The molecule has 1 aromatic carbocycles. The third kappa shape index (κ3) is 3.56. The minimum atomic E-state index is -0.372. The molecule has 1 atom stereocenters. The fourth-order valence-electron chi connectivity index (χ4n) is 1.47. The van der Waals surface area contributed by atoms with Crippen molar-refractivity contribution in [3.63, 3.8) is 0 Å². The van der Waals surface area contributed by atoms with Crippen LogP contribution in [0.15, 0.2) is 23.4 Å². The van der Waals surface area contributed by atoms with Crippen molar-refractivity contribution in [1.82, 2.24) is 0 Å². The van der Waals surface area contributed by atoms with E-state index in [9.17, 15) is 4.39 Å². The molecule has 0 aromatic heterocycles. The van der Waals surface area contributed by atoms with Crippen molar-refractivity contribution in [3.05, 3.63) is 34.6 Å². The van der Waals surface area contributed by atoms with Crippen LogP contribution in [0.3, 0.4) is 0 Å². The van der Waals surface area contributed by atoms with Gasteiger partial charge in [0.25, 0.3) is 0 Å². The van der Waals surface area contributed by atoms with Gasteiger partial charge >= 0.3 is 18.6 Å². The molecular weight excluding hydrogens is 243 g/mol. The molecule has 1 aliphatic heterocycles. The average Bonchev–Trinajstić information content (AvgIpc) is 2.66. The Morgan fingerprint density at radius 1 is 1.65 bits per heavy atom. The van der Waals surface area contributed by atoms with Gasteiger partial charge in [-0.1, -0.05) is 22.8 Å². The van der Waals surface area contributed by atoms with Gasteiger partial charge in [0.05, 0.1) is 10.7 Å². The van der Waals surface area contributed by atoms with Crippen LogP contribution in [0.1, 0.15) is 25.0 Å². The van der Waals surface area contributed by atoms with Crippen LogP contribution in [0.2, 0.25) is 5.02 Å². The molecule has 3 nitrogen and oxygen atoms in total. The number of oxime groups is 1. The molecule has 0 unspecified atom stereocenters. The number of rotatable bonds is 1. The maximum Gasteiger partial charge on any atom is 0.162 e. The van der Waals surface area contributed by atoms with Crippen molar-refractivity contribution in [1.29, 1.82) is 0 Å². The van der Waals surface area contributed by atoms with E-state index in [1.165, 1.54) is 6.07 Å². The fraction of sp³-hybridized carbons (Fsp3) is 0.273. The van der Waals surface area contributed by atoms with E-state index in [0.29, 0.717) is 17.0 Å². The minimum Gasteiger partial charge on any atom is -0.387 e. The normalized spacial score (nSPS) is 17.4. The van der Waals surface area contributed by atoms with E-state index < -0.39 is 0 Å². The zero-order valence-corrected chi connectivity index (χ0v) is 10.1. The summed E-state index contributed by atoms with van der Waals surface area (Å²) in [5.41, 5.74) is 1.25. The van der Waals surface area contributed by atoms with Crippen LogP contribution in [-0.2, 0) is 4.84 Å². The summed E-state index contributed by atoms with van der Waals surface area (Å²) in [5, 5.41) is 11.5. The smallest absolute Gasteiger partial charge is 0.162 e. The van der Waals surface area contributed by atoms with Gasteiger partial charge < -0.3 is 4.84 Å². The average molecular weight is 255 g/mol. The van der Waals surface area contributed by atoms with E-state index >= 15 is 0 Å². The Morgan fingerprint density at radius 2 is 2.29 bits per heavy atom.